The fourth-order valence-corrected chi connectivity index (χ4v) is 1.97. The molecule has 6 heteroatoms. The molecule has 0 unspecified atom stereocenters. The number of nitro benzene ring substituents is 1. The fourth-order valence-electron chi connectivity index (χ4n) is 1.07. The highest BCUT2D eigenvalue weighted by atomic mass is 127. The first-order valence-electron chi connectivity index (χ1n) is 3.71. The zero-order chi connectivity index (χ0) is 10.7. The van der Waals surface area contributed by atoms with Crippen LogP contribution in [0.4, 0.5) is 11.4 Å². The van der Waals surface area contributed by atoms with E-state index in [0.29, 0.717) is 21.2 Å². The summed E-state index contributed by atoms with van der Waals surface area (Å²) in [5, 5.41) is 13.0. The van der Waals surface area contributed by atoms with Gasteiger partial charge in [0.2, 0.25) is 6.41 Å². The molecule has 0 fully saturated rings. The minimum atomic E-state index is -0.458. The van der Waals surface area contributed by atoms with Crippen LogP contribution < -0.4 is 5.32 Å². The fraction of sp³-hybridized carbons (Fsp3) is 0.125. The van der Waals surface area contributed by atoms with Crippen molar-refractivity contribution in [2.24, 2.45) is 0 Å². The SMILES string of the molecule is Cc1cc([N+](=O)[O-])cc(I)c1NC=O. The molecular weight excluding hydrogens is 299 g/mol. The first kappa shape index (κ1) is 10.9. The summed E-state index contributed by atoms with van der Waals surface area (Å²) < 4.78 is 0.654. The maximum Gasteiger partial charge on any atom is 0.270 e. The Kier molecular flexibility index (Phi) is 3.39. The molecule has 0 bridgehead atoms. The first-order chi connectivity index (χ1) is 6.56. The third kappa shape index (κ3) is 2.19. The number of carbonyl (C=O) groups excluding carboxylic acids is 1. The molecule has 0 spiro atoms. The first-order valence-corrected chi connectivity index (χ1v) is 4.79. The second kappa shape index (κ2) is 4.36. The van der Waals surface area contributed by atoms with Crippen LogP contribution in [0.15, 0.2) is 12.1 Å². The Morgan fingerprint density at radius 2 is 2.21 bits per heavy atom. The van der Waals surface area contributed by atoms with E-state index in [-0.39, 0.29) is 5.69 Å². The highest BCUT2D eigenvalue weighted by Gasteiger charge is 2.11. The molecule has 0 aliphatic rings. The molecule has 0 heterocycles. The zero-order valence-electron chi connectivity index (χ0n) is 7.28. The molecule has 0 radical (unpaired) electrons. The molecular formula is C8H7IN2O3. The summed E-state index contributed by atoms with van der Waals surface area (Å²) in [6, 6.07) is 2.84. The van der Waals surface area contributed by atoms with Crippen LogP contribution in [0.2, 0.25) is 0 Å². The van der Waals surface area contributed by atoms with E-state index in [2.05, 4.69) is 5.32 Å². The maximum atomic E-state index is 10.5. The summed E-state index contributed by atoms with van der Waals surface area (Å²) in [4.78, 5) is 20.3. The van der Waals surface area contributed by atoms with Crippen LogP contribution in [0.1, 0.15) is 5.56 Å². The van der Waals surface area contributed by atoms with Gasteiger partial charge in [0.05, 0.1) is 10.6 Å². The lowest BCUT2D eigenvalue weighted by Crippen LogP contribution is -2.00. The Bertz CT molecular complexity index is 369. The Morgan fingerprint density at radius 3 is 2.64 bits per heavy atom. The van der Waals surface area contributed by atoms with Gasteiger partial charge < -0.3 is 5.32 Å². The van der Waals surface area contributed by atoms with Gasteiger partial charge in [0.25, 0.3) is 5.69 Å². The average molecular weight is 306 g/mol. The van der Waals surface area contributed by atoms with Crippen LogP contribution >= 0.6 is 22.6 Å². The third-order valence-corrected chi connectivity index (χ3v) is 2.54. The van der Waals surface area contributed by atoms with Crippen molar-refractivity contribution < 1.29 is 9.72 Å². The molecule has 0 aromatic heterocycles. The number of hydrogen-bond acceptors (Lipinski definition) is 3. The van der Waals surface area contributed by atoms with Gasteiger partial charge in [-0.05, 0) is 35.1 Å². The van der Waals surface area contributed by atoms with Gasteiger partial charge in [-0.15, -0.1) is 0 Å². The normalized spacial score (nSPS) is 9.57. The molecule has 5 nitrogen and oxygen atoms in total. The van der Waals surface area contributed by atoms with Crippen LogP contribution in [-0.2, 0) is 4.79 Å². The van der Waals surface area contributed by atoms with E-state index in [1.54, 1.807) is 6.92 Å². The number of rotatable bonds is 3. The molecule has 1 amide bonds. The number of anilines is 1. The Labute approximate surface area is 93.8 Å². The molecule has 1 aromatic rings. The number of aryl methyl sites for hydroxylation is 1. The van der Waals surface area contributed by atoms with Crippen LogP contribution in [0.25, 0.3) is 0 Å². The van der Waals surface area contributed by atoms with E-state index in [9.17, 15) is 14.9 Å². The Hall–Kier alpha value is -1.18. The summed E-state index contributed by atoms with van der Waals surface area (Å²) in [5.41, 5.74) is 1.32. The second-order valence-electron chi connectivity index (χ2n) is 2.64. The lowest BCUT2D eigenvalue weighted by atomic mass is 10.2. The van der Waals surface area contributed by atoms with Crippen molar-refractivity contribution in [1.82, 2.24) is 0 Å². The van der Waals surface area contributed by atoms with Crippen molar-refractivity contribution in [3.63, 3.8) is 0 Å². The zero-order valence-corrected chi connectivity index (χ0v) is 9.44. The molecule has 74 valence electrons. The predicted octanol–water partition coefficient (Wildman–Crippen LogP) is 2.08. The molecule has 0 saturated heterocycles. The Morgan fingerprint density at radius 1 is 1.57 bits per heavy atom. The number of nitro groups is 1. The number of hydrogen-bond donors (Lipinski definition) is 1. The Balaban J connectivity index is 3.24. The molecule has 0 atom stereocenters. The number of nitrogens with one attached hydrogen (secondary N) is 1. The molecule has 0 aliphatic heterocycles. The average Bonchev–Trinajstić information content (AvgIpc) is 2.10. The van der Waals surface area contributed by atoms with Gasteiger partial charge in [-0.2, -0.15) is 0 Å². The van der Waals surface area contributed by atoms with Crippen molar-refractivity contribution in [1.29, 1.82) is 0 Å². The molecule has 14 heavy (non-hydrogen) atoms. The van der Waals surface area contributed by atoms with Gasteiger partial charge in [-0.1, -0.05) is 0 Å². The van der Waals surface area contributed by atoms with Gasteiger partial charge in [0, 0.05) is 15.7 Å². The highest BCUT2D eigenvalue weighted by Crippen LogP contribution is 2.27. The van der Waals surface area contributed by atoms with Gasteiger partial charge in [0.1, 0.15) is 0 Å². The number of amides is 1. The van der Waals surface area contributed by atoms with E-state index in [0.717, 1.165) is 0 Å². The molecule has 1 rings (SSSR count). The topological polar surface area (TPSA) is 72.2 Å². The quantitative estimate of drug-likeness (QED) is 0.402. The van der Waals surface area contributed by atoms with Crippen LogP contribution in [0.3, 0.4) is 0 Å². The molecule has 1 N–H and O–H groups in total. The van der Waals surface area contributed by atoms with Gasteiger partial charge in [0.15, 0.2) is 0 Å². The number of benzene rings is 1. The van der Waals surface area contributed by atoms with E-state index < -0.39 is 4.92 Å². The monoisotopic (exact) mass is 306 g/mol. The van der Waals surface area contributed by atoms with Crippen LogP contribution in [-0.4, -0.2) is 11.3 Å². The number of nitrogens with zero attached hydrogens (tertiary/aromatic N) is 1. The maximum absolute atomic E-state index is 10.5. The van der Waals surface area contributed by atoms with Gasteiger partial charge in [-0.3, -0.25) is 14.9 Å². The summed E-state index contributed by atoms with van der Waals surface area (Å²) >= 11 is 1.94. The lowest BCUT2D eigenvalue weighted by Gasteiger charge is -2.06. The molecule has 0 aliphatic carbocycles. The smallest absolute Gasteiger partial charge is 0.270 e. The molecule has 0 saturated carbocycles. The molecule has 1 aromatic carbocycles. The van der Waals surface area contributed by atoms with Crippen molar-refractivity contribution in [2.75, 3.05) is 5.32 Å². The van der Waals surface area contributed by atoms with Crippen molar-refractivity contribution in [3.8, 4) is 0 Å². The van der Waals surface area contributed by atoms with E-state index >= 15 is 0 Å². The predicted molar refractivity (Wildman–Crippen MR) is 60.2 cm³/mol. The third-order valence-electron chi connectivity index (χ3n) is 1.69. The highest BCUT2D eigenvalue weighted by molar-refractivity contribution is 14.1. The number of halogens is 1. The van der Waals surface area contributed by atoms with E-state index in [1.165, 1.54) is 12.1 Å². The minimum Gasteiger partial charge on any atom is -0.328 e. The van der Waals surface area contributed by atoms with Crippen molar-refractivity contribution in [3.05, 3.63) is 31.4 Å². The van der Waals surface area contributed by atoms with Gasteiger partial charge in [-0.25, -0.2) is 0 Å². The summed E-state index contributed by atoms with van der Waals surface area (Å²) in [5.74, 6) is 0. The second-order valence-corrected chi connectivity index (χ2v) is 3.80. The summed E-state index contributed by atoms with van der Waals surface area (Å²) in [6.07, 6.45) is 0.552. The largest absolute Gasteiger partial charge is 0.328 e. The minimum absolute atomic E-state index is 0.0309. The number of non-ortho nitro benzene ring substituents is 1. The van der Waals surface area contributed by atoms with Crippen LogP contribution in [0, 0.1) is 20.6 Å². The van der Waals surface area contributed by atoms with Crippen molar-refractivity contribution >= 4 is 40.4 Å². The lowest BCUT2D eigenvalue weighted by molar-refractivity contribution is -0.385. The summed E-state index contributed by atoms with van der Waals surface area (Å²) in [7, 11) is 0. The van der Waals surface area contributed by atoms with E-state index in [1.807, 2.05) is 22.6 Å². The summed E-state index contributed by atoms with van der Waals surface area (Å²) in [6.45, 7) is 1.71. The van der Waals surface area contributed by atoms with Crippen LogP contribution in [0.5, 0.6) is 0 Å². The number of carbonyl (C=O) groups is 1. The van der Waals surface area contributed by atoms with Crippen molar-refractivity contribution in [2.45, 2.75) is 6.92 Å². The van der Waals surface area contributed by atoms with E-state index in [4.69, 9.17) is 0 Å². The van der Waals surface area contributed by atoms with Gasteiger partial charge >= 0.3 is 0 Å². The standard InChI is InChI=1S/C8H7IN2O3/c1-5-2-6(11(13)14)3-7(9)8(5)10-4-12/h2-4H,1H3,(H,10,12).